The molecule has 110 valence electrons. The molecule has 1 heterocycles. The number of aromatic hydroxyl groups is 1. The van der Waals surface area contributed by atoms with Crippen LogP contribution < -0.4 is 10.2 Å². The smallest absolute Gasteiger partial charge is 0.337 e. The Bertz CT molecular complexity index is 762. The van der Waals surface area contributed by atoms with Crippen molar-refractivity contribution in [1.82, 2.24) is 4.57 Å². The number of phenols is 1. The largest absolute Gasteiger partial charge is 0.508 e. The number of aromatic carboxylic acids is 1. The Morgan fingerprint density at radius 2 is 2.10 bits per heavy atom. The Morgan fingerprint density at radius 3 is 2.67 bits per heavy atom. The number of benzene rings is 1. The summed E-state index contributed by atoms with van der Waals surface area (Å²) in [6.45, 7) is 1.50. The molecule has 1 amide bonds. The van der Waals surface area contributed by atoms with Crippen LogP contribution in [0.2, 0.25) is 0 Å². The number of carbonyl (C=O) groups is 2. The third-order valence-corrected chi connectivity index (χ3v) is 3.67. The normalized spacial score (nSPS) is 10.3. The number of nitrogens with one attached hydrogen (secondary N) is 1. The fourth-order valence-corrected chi connectivity index (χ4v) is 2.48. The predicted molar refractivity (Wildman–Crippen MR) is 77.0 cm³/mol. The summed E-state index contributed by atoms with van der Waals surface area (Å²) in [5.74, 6) is -2.01. The maximum atomic E-state index is 11.9. The van der Waals surface area contributed by atoms with Crippen molar-refractivity contribution in [3.05, 3.63) is 44.5 Å². The molecule has 8 heteroatoms. The molecule has 3 N–H and O–H groups in total. The van der Waals surface area contributed by atoms with Gasteiger partial charge in [-0.1, -0.05) is 11.3 Å². The van der Waals surface area contributed by atoms with Crippen LogP contribution in [0.25, 0.3) is 0 Å². The Morgan fingerprint density at radius 1 is 1.38 bits per heavy atom. The van der Waals surface area contributed by atoms with E-state index in [1.54, 1.807) is 12.3 Å². The zero-order valence-corrected chi connectivity index (χ0v) is 11.8. The number of hydrogen-bond donors (Lipinski definition) is 3. The number of thiazole rings is 1. The van der Waals surface area contributed by atoms with Crippen molar-refractivity contribution >= 4 is 28.9 Å². The molecule has 2 rings (SSSR count). The summed E-state index contributed by atoms with van der Waals surface area (Å²) in [4.78, 5) is 34.3. The third-order valence-electron chi connectivity index (χ3n) is 2.79. The molecule has 1 aromatic carbocycles. The first kappa shape index (κ1) is 14.8. The number of carboxylic acid groups (broad SMARTS) is 1. The van der Waals surface area contributed by atoms with Crippen molar-refractivity contribution in [3.63, 3.8) is 0 Å². The van der Waals surface area contributed by atoms with Gasteiger partial charge in [0, 0.05) is 11.1 Å². The number of carbonyl (C=O) groups excluding carboxylic acids is 1. The van der Waals surface area contributed by atoms with Gasteiger partial charge in [0.2, 0.25) is 5.91 Å². The van der Waals surface area contributed by atoms with Crippen LogP contribution in [0.4, 0.5) is 5.69 Å². The number of nitrogens with zero attached hydrogens (tertiary/aromatic N) is 1. The van der Waals surface area contributed by atoms with Gasteiger partial charge in [0.05, 0.1) is 11.3 Å². The van der Waals surface area contributed by atoms with Gasteiger partial charge in [0.25, 0.3) is 0 Å². The van der Waals surface area contributed by atoms with Crippen molar-refractivity contribution in [1.29, 1.82) is 0 Å². The van der Waals surface area contributed by atoms with Crippen LogP contribution in [0.3, 0.4) is 0 Å². The summed E-state index contributed by atoms with van der Waals surface area (Å²) in [7, 11) is 0. The fraction of sp³-hybridized carbons (Fsp3) is 0.154. The second kappa shape index (κ2) is 5.80. The number of carboxylic acids is 1. The van der Waals surface area contributed by atoms with Gasteiger partial charge in [-0.05, 0) is 25.1 Å². The molecule has 7 nitrogen and oxygen atoms in total. The quantitative estimate of drug-likeness (QED) is 0.737. The summed E-state index contributed by atoms with van der Waals surface area (Å²) in [6.07, 6.45) is 0. The highest BCUT2D eigenvalue weighted by molar-refractivity contribution is 7.07. The van der Waals surface area contributed by atoms with Crippen molar-refractivity contribution in [2.24, 2.45) is 0 Å². The molecule has 0 radical (unpaired) electrons. The summed E-state index contributed by atoms with van der Waals surface area (Å²) in [6, 6.07) is 3.60. The average Bonchev–Trinajstić information content (AvgIpc) is 2.72. The number of aryl methyl sites for hydroxylation is 1. The zero-order chi connectivity index (χ0) is 15.6. The molecular weight excluding hydrogens is 296 g/mol. The molecule has 0 unspecified atom stereocenters. The van der Waals surface area contributed by atoms with E-state index in [9.17, 15) is 19.5 Å². The number of anilines is 1. The minimum absolute atomic E-state index is 0.0613. The van der Waals surface area contributed by atoms with Crippen LogP contribution >= 0.6 is 11.3 Å². The number of phenolic OH excluding ortho intramolecular Hbond substituents is 1. The van der Waals surface area contributed by atoms with E-state index in [-0.39, 0.29) is 28.4 Å². The summed E-state index contributed by atoms with van der Waals surface area (Å²) < 4.78 is 1.29. The molecule has 0 aliphatic carbocycles. The second-order valence-electron chi connectivity index (χ2n) is 4.31. The molecule has 0 spiro atoms. The van der Waals surface area contributed by atoms with E-state index in [4.69, 9.17) is 5.11 Å². The van der Waals surface area contributed by atoms with Gasteiger partial charge in [0.15, 0.2) is 0 Å². The lowest BCUT2D eigenvalue weighted by Gasteiger charge is -2.09. The van der Waals surface area contributed by atoms with E-state index in [0.717, 1.165) is 17.4 Å². The Balaban J connectivity index is 2.21. The molecular formula is C13H12N2O5S. The van der Waals surface area contributed by atoms with Gasteiger partial charge in [-0.3, -0.25) is 14.2 Å². The minimum Gasteiger partial charge on any atom is -0.508 e. The van der Waals surface area contributed by atoms with E-state index in [1.165, 1.54) is 16.7 Å². The first-order chi connectivity index (χ1) is 9.88. The number of hydrogen-bond acceptors (Lipinski definition) is 5. The second-order valence-corrected chi connectivity index (χ2v) is 5.13. The highest BCUT2D eigenvalue weighted by atomic mass is 32.1. The molecule has 2 aromatic rings. The predicted octanol–water partition coefficient (Wildman–Crippen LogP) is 1.26. The summed E-state index contributed by atoms with van der Waals surface area (Å²) in [5.41, 5.74) is 0.494. The van der Waals surface area contributed by atoms with E-state index in [0.29, 0.717) is 5.69 Å². The molecule has 1 aromatic heterocycles. The highest BCUT2D eigenvalue weighted by Gasteiger charge is 2.14. The van der Waals surface area contributed by atoms with Gasteiger partial charge in [0.1, 0.15) is 12.3 Å². The lowest BCUT2D eigenvalue weighted by Crippen LogP contribution is -2.25. The van der Waals surface area contributed by atoms with Gasteiger partial charge in [-0.2, -0.15) is 0 Å². The lowest BCUT2D eigenvalue weighted by atomic mass is 10.1. The molecule has 21 heavy (non-hydrogen) atoms. The van der Waals surface area contributed by atoms with Crippen molar-refractivity contribution < 1.29 is 19.8 Å². The topological polar surface area (TPSA) is 109 Å². The Hall–Kier alpha value is -2.61. The van der Waals surface area contributed by atoms with Gasteiger partial charge in [-0.25, -0.2) is 4.79 Å². The first-order valence-corrected chi connectivity index (χ1v) is 6.77. The van der Waals surface area contributed by atoms with Gasteiger partial charge >= 0.3 is 10.8 Å². The third kappa shape index (κ3) is 3.29. The maximum Gasteiger partial charge on any atom is 0.337 e. The van der Waals surface area contributed by atoms with Crippen molar-refractivity contribution in [2.75, 3.05) is 5.32 Å². The number of rotatable bonds is 4. The minimum atomic E-state index is -1.27. The van der Waals surface area contributed by atoms with Crippen LogP contribution in [0.5, 0.6) is 5.75 Å². The molecule has 0 aliphatic rings. The van der Waals surface area contributed by atoms with Crippen molar-refractivity contribution in [2.45, 2.75) is 13.5 Å². The molecule has 0 saturated heterocycles. The van der Waals surface area contributed by atoms with E-state index in [2.05, 4.69) is 5.32 Å². The highest BCUT2D eigenvalue weighted by Crippen LogP contribution is 2.21. The van der Waals surface area contributed by atoms with Crippen LogP contribution in [0.15, 0.2) is 28.4 Å². The first-order valence-electron chi connectivity index (χ1n) is 5.89. The standard InChI is InChI=1S/C13H12N2O5S/c1-7-6-21-13(20)15(7)5-11(17)14-10-3-2-8(16)4-9(10)12(18)19/h2-4,6,16H,5H2,1H3,(H,14,17)(H,18,19). The molecule has 0 atom stereocenters. The zero-order valence-electron chi connectivity index (χ0n) is 11.0. The van der Waals surface area contributed by atoms with Crippen LogP contribution in [0.1, 0.15) is 16.1 Å². The monoisotopic (exact) mass is 308 g/mol. The van der Waals surface area contributed by atoms with Crippen LogP contribution in [-0.4, -0.2) is 26.7 Å². The number of aromatic nitrogens is 1. The summed E-state index contributed by atoms with van der Waals surface area (Å²) >= 11 is 0.990. The lowest BCUT2D eigenvalue weighted by molar-refractivity contribution is -0.116. The van der Waals surface area contributed by atoms with Gasteiger partial charge < -0.3 is 15.5 Å². The van der Waals surface area contributed by atoms with E-state index < -0.39 is 11.9 Å². The average molecular weight is 308 g/mol. The molecule has 0 saturated carbocycles. The number of amides is 1. The Kier molecular flexibility index (Phi) is 4.08. The van der Waals surface area contributed by atoms with Crippen LogP contribution in [-0.2, 0) is 11.3 Å². The molecule has 0 fully saturated rings. The van der Waals surface area contributed by atoms with Crippen LogP contribution in [0, 0.1) is 6.92 Å². The fourth-order valence-electron chi connectivity index (χ4n) is 1.75. The SMILES string of the molecule is Cc1csc(=O)n1CC(=O)Nc1ccc(O)cc1C(=O)O. The maximum absolute atomic E-state index is 11.9. The molecule has 0 aliphatic heterocycles. The van der Waals surface area contributed by atoms with Gasteiger partial charge in [-0.15, -0.1) is 0 Å². The van der Waals surface area contributed by atoms with E-state index in [1.807, 2.05) is 0 Å². The van der Waals surface area contributed by atoms with E-state index >= 15 is 0 Å². The molecule has 0 bridgehead atoms. The van der Waals surface area contributed by atoms with Crippen molar-refractivity contribution in [3.8, 4) is 5.75 Å². The Labute approximate surface area is 123 Å². The summed E-state index contributed by atoms with van der Waals surface area (Å²) in [5, 5.41) is 22.4.